The molecule has 2 aromatic carbocycles. The number of benzene rings is 2. The van der Waals surface area contributed by atoms with Gasteiger partial charge >= 0.3 is 0 Å². The van der Waals surface area contributed by atoms with Crippen LogP contribution in [0, 0.1) is 5.92 Å². The zero-order chi connectivity index (χ0) is 14.5. The molecule has 0 aliphatic carbocycles. The third kappa shape index (κ3) is 3.36. The predicted octanol–water partition coefficient (Wildman–Crippen LogP) is 2.98. The molecule has 3 nitrogen and oxygen atoms in total. The lowest BCUT2D eigenvalue weighted by molar-refractivity contribution is 0.0910. The van der Waals surface area contributed by atoms with Crippen molar-refractivity contribution in [2.24, 2.45) is 5.92 Å². The number of amides is 1. The predicted molar refractivity (Wildman–Crippen MR) is 81.7 cm³/mol. The Morgan fingerprint density at radius 1 is 1.15 bits per heavy atom. The Labute approximate surface area is 119 Å². The van der Waals surface area contributed by atoms with Crippen molar-refractivity contribution in [3.05, 3.63) is 48.0 Å². The summed E-state index contributed by atoms with van der Waals surface area (Å²) in [7, 11) is 0. The lowest BCUT2D eigenvalue weighted by Gasteiger charge is -2.18. The zero-order valence-corrected chi connectivity index (χ0v) is 12.0. The van der Waals surface area contributed by atoms with Crippen molar-refractivity contribution < 1.29 is 9.90 Å². The summed E-state index contributed by atoms with van der Waals surface area (Å²) < 4.78 is 0. The van der Waals surface area contributed by atoms with Gasteiger partial charge in [-0.1, -0.05) is 50.2 Å². The molecule has 106 valence electrons. The number of nitrogens with one attached hydrogen (secondary N) is 1. The van der Waals surface area contributed by atoms with Crippen LogP contribution in [0.3, 0.4) is 0 Å². The minimum Gasteiger partial charge on any atom is -0.394 e. The summed E-state index contributed by atoms with van der Waals surface area (Å²) in [5.74, 6) is 0.307. The van der Waals surface area contributed by atoms with Crippen LogP contribution < -0.4 is 5.32 Å². The first-order valence-electron chi connectivity index (χ1n) is 7.01. The number of aliphatic hydroxyl groups is 1. The van der Waals surface area contributed by atoms with E-state index in [2.05, 4.69) is 19.2 Å². The van der Waals surface area contributed by atoms with Crippen LogP contribution in [0.5, 0.6) is 0 Å². The second-order valence-electron chi connectivity index (χ2n) is 5.51. The number of fused-ring (bicyclic) bond motifs is 1. The van der Waals surface area contributed by atoms with Gasteiger partial charge in [0.25, 0.3) is 5.91 Å². The van der Waals surface area contributed by atoms with Gasteiger partial charge in [-0.2, -0.15) is 0 Å². The highest BCUT2D eigenvalue weighted by atomic mass is 16.3. The van der Waals surface area contributed by atoms with Gasteiger partial charge in [0.05, 0.1) is 12.6 Å². The van der Waals surface area contributed by atoms with E-state index >= 15 is 0 Å². The Bertz CT molecular complexity index is 587. The van der Waals surface area contributed by atoms with E-state index in [9.17, 15) is 9.90 Å². The summed E-state index contributed by atoms with van der Waals surface area (Å²) >= 11 is 0. The first kappa shape index (κ1) is 14.5. The van der Waals surface area contributed by atoms with E-state index in [1.165, 1.54) is 0 Å². The lowest BCUT2D eigenvalue weighted by atomic mass is 10.0. The third-order valence-corrected chi connectivity index (χ3v) is 3.35. The molecule has 1 unspecified atom stereocenters. The van der Waals surface area contributed by atoms with E-state index in [1.807, 2.05) is 42.5 Å². The van der Waals surface area contributed by atoms with Crippen molar-refractivity contribution in [3.63, 3.8) is 0 Å². The normalized spacial score (nSPS) is 12.6. The van der Waals surface area contributed by atoms with Crippen LogP contribution >= 0.6 is 0 Å². The van der Waals surface area contributed by atoms with Crippen molar-refractivity contribution >= 4 is 16.7 Å². The molecule has 0 spiro atoms. The molecule has 1 atom stereocenters. The number of carbonyl (C=O) groups excluding carboxylic acids is 1. The molecule has 0 saturated carbocycles. The number of hydrogen-bond acceptors (Lipinski definition) is 2. The fourth-order valence-electron chi connectivity index (χ4n) is 2.43. The summed E-state index contributed by atoms with van der Waals surface area (Å²) in [6.07, 6.45) is 0.771. The zero-order valence-electron chi connectivity index (χ0n) is 12.0. The number of hydrogen-bond donors (Lipinski definition) is 2. The van der Waals surface area contributed by atoms with Crippen molar-refractivity contribution in [2.75, 3.05) is 6.61 Å². The summed E-state index contributed by atoms with van der Waals surface area (Å²) in [5, 5.41) is 14.3. The third-order valence-electron chi connectivity index (χ3n) is 3.35. The molecule has 0 fully saturated rings. The Balaban J connectivity index is 2.23. The maximum Gasteiger partial charge on any atom is 0.252 e. The SMILES string of the molecule is CC(C)CC(CO)NC(=O)c1cccc2ccccc12. The summed E-state index contributed by atoms with van der Waals surface area (Å²) in [6, 6.07) is 13.3. The smallest absolute Gasteiger partial charge is 0.252 e. The molecule has 0 aromatic heterocycles. The van der Waals surface area contributed by atoms with Gasteiger partial charge in [0.2, 0.25) is 0 Å². The highest BCUT2D eigenvalue weighted by Gasteiger charge is 2.15. The average molecular weight is 271 g/mol. The van der Waals surface area contributed by atoms with Gasteiger partial charge in [0.1, 0.15) is 0 Å². The van der Waals surface area contributed by atoms with Gasteiger partial charge in [-0.15, -0.1) is 0 Å². The van der Waals surface area contributed by atoms with Crippen molar-refractivity contribution in [1.82, 2.24) is 5.32 Å². The van der Waals surface area contributed by atoms with Crippen LogP contribution in [0.25, 0.3) is 10.8 Å². The first-order chi connectivity index (χ1) is 9.61. The van der Waals surface area contributed by atoms with Crippen LogP contribution in [0.1, 0.15) is 30.6 Å². The molecule has 2 aromatic rings. The molecule has 0 heterocycles. The molecular weight excluding hydrogens is 250 g/mol. The lowest BCUT2D eigenvalue weighted by Crippen LogP contribution is -2.38. The van der Waals surface area contributed by atoms with E-state index in [0.29, 0.717) is 11.5 Å². The van der Waals surface area contributed by atoms with Crippen LogP contribution in [0.2, 0.25) is 0 Å². The standard InChI is InChI=1S/C17H21NO2/c1-12(2)10-14(11-19)18-17(20)16-9-5-7-13-6-3-4-8-15(13)16/h3-9,12,14,19H,10-11H2,1-2H3,(H,18,20). The van der Waals surface area contributed by atoms with Crippen LogP contribution in [-0.2, 0) is 0 Å². The van der Waals surface area contributed by atoms with Crippen LogP contribution in [0.15, 0.2) is 42.5 Å². The number of aliphatic hydroxyl groups excluding tert-OH is 1. The first-order valence-corrected chi connectivity index (χ1v) is 7.01. The molecule has 0 aliphatic heterocycles. The largest absolute Gasteiger partial charge is 0.394 e. The Hall–Kier alpha value is -1.87. The second kappa shape index (κ2) is 6.53. The summed E-state index contributed by atoms with van der Waals surface area (Å²) in [5.41, 5.74) is 0.658. The average Bonchev–Trinajstić information content (AvgIpc) is 2.45. The minimum absolute atomic E-state index is 0.0330. The molecule has 0 bridgehead atoms. The minimum atomic E-state index is -0.193. The molecule has 2 N–H and O–H groups in total. The van der Waals surface area contributed by atoms with E-state index in [-0.39, 0.29) is 18.6 Å². The second-order valence-corrected chi connectivity index (χ2v) is 5.51. The molecule has 0 aliphatic rings. The van der Waals surface area contributed by atoms with Crippen LogP contribution in [0.4, 0.5) is 0 Å². The highest BCUT2D eigenvalue weighted by Crippen LogP contribution is 2.18. The van der Waals surface area contributed by atoms with Crippen molar-refractivity contribution in [1.29, 1.82) is 0 Å². The van der Waals surface area contributed by atoms with E-state index in [4.69, 9.17) is 0 Å². The van der Waals surface area contributed by atoms with Gasteiger partial charge in [-0.25, -0.2) is 0 Å². The molecule has 1 amide bonds. The van der Waals surface area contributed by atoms with E-state index < -0.39 is 0 Å². The Morgan fingerprint density at radius 3 is 2.55 bits per heavy atom. The molecule has 2 rings (SSSR count). The maximum atomic E-state index is 12.4. The quantitative estimate of drug-likeness (QED) is 0.878. The highest BCUT2D eigenvalue weighted by molar-refractivity contribution is 6.07. The van der Waals surface area contributed by atoms with Gasteiger partial charge in [-0.3, -0.25) is 4.79 Å². The van der Waals surface area contributed by atoms with Crippen molar-refractivity contribution in [3.8, 4) is 0 Å². The topological polar surface area (TPSA) is 49.3 Å². The fraction of sp³-hybridized carbons (Fsp3) is 0.353. The number of rotatable bonds is 5. The van der Waals surface area contributed by atoms with Gasteiger partial charge < -0.3 is 10.4 Å². The van der Waals surface area contributed by atoms with E-state index in [0.717, 1.165) is 17.2 Å². The maximum absolute atomic E-state index is 12.4. The van der Waals surface area contributed by atoms with Crippen molar-refractivity contribution in [2.45, 2.75) is 26.3 Å². The molecular formula is C17H21NO2. The molecule has 0 saturated heterocycles. The molecule has 3 heteroatoms. The van der Waals surface area contributed by atoms with Gasteiger partial charge in [-0.05, 0) is 29.2 Å². The van der Waals surface area contributed by atoms with E-state index in [1.54, 1.807) is 0 Å². The number of carbonyl (C=O) groups is 1. The molecule has 20 heavy (non-hydrogen) atoms. The summed E-state index contributed by atoms with van der Waals surface area (Å²) in [4.78, 5) is 12.4. The Morgan fingerprint density at radius 2 is 1.85 bits per heavy atom. The van der Waals surface area contributed by atoms with Gasteiger partial charge in [0, 0.05) is 5.56 Å². The monoisotopic (exact) mass is 271 g/mol. The molecule has 0 radical (unpaired) electrons. The fourth-order valence-corrected chi connectivity index (χ4v) is 2.43. The van der Waals surface area contributed by atoms with Gasteiger partial charge in [0.15, 0.2) is 0 Å². The summed E-state index contributed by atoms with van der Waals surface area (Å²) in [6.45, 7) is 4.12. The Kier molecular flexibility index (Phi) is 4.74. The van der Waals surface area contributed by atoms with Crippen LogP contribution in [-0.4, -0.2) is 23.7 Å².